The molecule has 150 valence electrons. The maximum absolute atomic E-state index is 13.6. The van der Waals surface area contributed by atoms with Crippen molar-refractivity contribution < 1.29 is 19.1 Å². The average Bonchev–Trinajstić information content (AvgIpc) is 2.95. The molecule has 1 aromatic heterocycles. The molecule has 29 heavy (non-hydrogen) atoms. The highest BCUT2D eigenvalue weighted by Gasteiger charge is 2.61. The van der Waals surface area contributed by atoms with Gasteiger partial charge in [0.05, 0.1) is 31.2 Å². The summed E-state index contributed by atoms with van der Waals surface area (Å²) in [6, 6.07) is 7.54. The second-order valence-electron chi connectivity index (χ2n) is 7.91. The molecule has 1 N–H and O–H groups in total. The molecule has 0 unspecified atom stereocenters. The Kier molecular flexibility index (Phi) is 3.96. The van der Waals surface area contributed by atoms with Crippen LogP contribution in [0.2, 0.25) is 0 Å². The zero-order valence-electron chi connectivity index (χ0n) is 16.7. The van der Waals surface area contributed by atoms with Crippen LogP contribution in [0.25, 0.3) is 10.9 Å². The van der Waals surface area contributed by atoms with Crippen LogP contribution < -0.4 is 5.32 Å². The van der Waals surface area contributed by atoms with Crippen molar-refractivity contribution in [3.63, 3.8) is 0 Å². The second-order valence-corrected chi connectivity index (χ2v) is 7.91. The fraction of sp³-hybridized carbons (Fsp3) is 0.391. The maximum Gasteiger partial charge on any atom is 0.319 e. The van der Waals surface area contributed by atoms with E-state index >= 15 is 0 Å². The summed E-state index contributed by atoms with van der Waals surface area (Å²) in [5.41, 5.74) is 2.48. The number of aromatic nitrogens is 1. The summed E-state index contributed by atoms with van der Waals surface area (Å²) in [6.45, 7) is 7.13. The normalized spacial score (nSPS) is 27.2. The summed E-state index contributed by atoms with van der Waals surface area (Å²) in [6.07, 6.45) is 3.05. The molecule has 2 bridgehead atoms. The summed E-state index contributed by atoms with van der Waals surface area (Å²) in [4.78, 5) is 27.0. The minimum absolute atomic E-state index is 0.0101. The van der Waals surface area contributed by atoms with E-state index in [2.05, 4.69) is 11.9 Å². The van der Waals surface area contributed by atoms with E-state index in [-0.39, 0.29) is 17.9 Å². The third-order valence-corrected chi connectivity index (χ3v) is 6.58. The maximum atomic E-state index is 13.6. The standard InChI is InChI=1S/C23H24N2O4/c1-4-29-13(2)17-11-14-12-23(22(27)28-3)19(17)24-10-9-16-15-7-5-6-8-18(15)25(20(16)23)21(14)26/h5-8,11,14,19,24H,2,4,9-10,12H2,1,3H3/t14-,19-,23-/m0/s1. The van der Waals surface area contributed by atoms with Gasteiger partial charge in [0.15, 0.2) is 0 Å². The number of esters is 1. The van der Waals surface area contributed by atoms with Crippen molar-refractivity contribution in [2.45, 2.75) is 31.2 Å². The molecule has 0 spiro atoms. The molecule has 3 atom stereocenters. The minimum Gasteiger partial charge on any atom is -0.494 e. The molecule has 3 heterocycles. The number of hydrogen-bond donors (Lipinski definition) is 1. The number of nitrogens with zero attached hydrogens (tertiary/aromatic N) is 1. The van der Waals surface area contributed by atoms with Crippen molar-refractivity contribution in [3.05, 3.63) is 59.5 Å². The predicted octanol–water partition coefficient (Wildman–Crippen LogP) is 2.72. The van der Waals surface area contributed by atoms with Crippen molar-refractivity contribution in [2.24, 2.45) is 5.92 Å². The fourth-order valence-corrected chi connectivity index (χ4v) is 5.53. The van der Waals surface area contributed by atoms with E-state index in [4.69, 9.17) is 9.47 Å². The lowest BCUT2D eigenvalue weighted by atomic mass is 9.62. The van der Waals surface area contributed by atoms with Crippen LogP contribution in [0.5, 0.6) is 0 Å². The number of rotatable bonds is 4. The van der Waals surface area contributed by atoms with E-state index in [9.17, 15) is 9.59 Å². The number of carbonyl (C=O) groups is 2. The first-order chi connectivity index (χ1) is 14.0. The third-order valence-electron chi connectivity index (χ3n) is 6.58. The number of allylic oxidation sites excluding steroid dienone is 1. The van der Waals surface area contributed by atoms with E-state index in [0.29, 0.717) is 25.3 Å². The van der Waals surface area contributed by atoms with Crippen molar-refractivity contribution in [2.75, 3.05) is 20.3 Å². The van der Waals surface area contributed by atoms with Gasteiger partial charge in [-0.2, -0.15) is 0 Å². The van der Waals surface area contributed by atoms with Crippen molar-refractivity contribution in [1.82, 2.24) is 9.88 Å². The molecule has 1 aliphatic carbocycles. The highest BCUT2D eigenvalue weighted by Crippen LogP contribution is 2.52. The van der Waals surface area contributed by atoms with Gasteiger partial charge in [-0.3, -0.25) is 14.2 Å². The van der Waals surface area contributed by atoms with Gasteiger partial charge in [-0.15, -0.1) is 0 Å². The molecule has 0 amide bonds. The molecule has 5 rings (SSSR count). The first-order valence-corrected chi connectivity index (χ1v) is 10.1. The number of fused-ring (bicyclic) bond motifs is 4. The van der Waals surface area contributed by atoms with E-state index in [1.54, 1.807) is 4.57 Å². The Morgan fingerprint density at radius 1 is 1.38 bits per heavy atom. The lowest BCUT2D eigenvalue weighted by Crippen LogP contribution is -2.61. The van der Waals surface area contributed by atoms with Gasteiger partial charge in [0.1, 0.15) is 11.2 Å². The van der Waals surface area contributed by atoms with E-state index in [1.807, 2.05) is 37.3 Å². The molecule has 0 saturated carbocycles. The first-order valence-electron chi connectivity index (χ1n) is 10.1. The van der Waals surface area contributed by atoms with Gasteiger partial charge in [0.25, 0.3) is 0 Å². The highest BCUT2D eigenvalue weighted by atomic mass is 16.5. The summed E-state index contributed by atoms with van der Waals surface area (Å²) in [5, 5.41) is 4.58. The number of carbonyl (C=O) groups excluding carboxylic acids is 2. The van der Waals surface area contributed by atoms with Gasteiger partial charge in [0.2, 0.25) is 5.91 Å². The van der Waals surface area contributed by atoms with Gasteiger partial charge in [0, 0.05) is 16.7 Å². The zero-order valence-corrected chi connectivity index (χ0v) is 16.7. The largest absolute Gasteiger partial charge is 0.494 e. The molecule has 2 aromatic rings. The number of nitrogens with one attached hydrogen (secondary N) is 1. The van der Waals surface area contributed by atoms with Crippen LogP contribution in [0.15, 0.2) is 48.3 Å². The smallest absolute Gasteiger partial charge is 0.319 e. The fourth-order valence-electron chi connectivity index (χ4n) is 5.53. The Balaban J connectivity index is 1.88. The molecule has 0 fully saturated rings. The lowest BCUT2D eigenvalue weighted by molar-refractivity contribution is -0.150. The second kappa shape index (κ2) is 6.32. The summed E-state index contributed by atoms with van der Waals surface area (Å²) in [5.74, 6) is -0.267. The van der Waals surface area contributed by atoms with Crippen LogP contribution in [0.1, 0.15) is 29.4 Å². The van der Waals surface area contributed by atoms with Crippen molar-refractivity contribution >= 4 is 22.8 Å². The Bertz CT molecular complexity index is 1100. The summed E-state index contributed by atoms with van der Waals surface area (Å²) < 4.78 is 12.8. The molecule has 0 saturated heterocycles. The minimum atomic E-state index is -0.998. The molecule has 1 aromatic carbocycles. The van der Waals surface area contributed by atoms with Crippen LogP contribution in [0.4, 0.5) is 0 Å². The molecule has 2 aliphatic heterocycles. The Hall–Kier alpha value is -2.86. The molecule has 6 heteroatoms. The van der Waals surface area contributed by atoms with Gasteiger partial charge < -0.3 is 14.8 Å². The zero-order chi connectivity index (χ0) is 20.3. The third kappa shape index (κ3) is 2.20. The van der Waals surface area contributed by atoms with Gasteiger partial charge in [-0.05, 0) is 37.9 Å². The quantitative estimate of drug-likeness (QED) is 0.640. The molecular formula is C23H24N2O4. The number of para-hydroxylation sites is 1. The average molecular weight is 392 g/mol. The topological polar surface area (TPSA) is 69.6 Å². The Morgan fingerprint density at radius 3 is 2.93 bits per heavy atom. The highest BCUT2D eigenvalue weighted by molar-refractivity contribution is 6.03. The number of benzene rings is 1. The monoisotopic (exact) mass is 392 g/mol. The molecule has 6 nitrogen and oxygen atoms in total. The van der Waals surface area contributed by atoms with Crippen LogP contribution in [0.3, 0.4) is 0 Å². The van der Waals surface area contributed by atoms with E-state index in [1.165, 1.54) is 7.11 Å². The molecule has 3 aliphatic rings. The molecule has 0 radical (unpaired) electrons. The number of ether oxygens (including phenoxy) is 2. The van der Waals surface area contributed by atoms with Crippen LogP contribution in [-0.4, -0.2) is 42.7 Å². The Morgan fingerprint density at radius 2 is 2.17 bits per heavy atom. The Labute approximate surface area is 169 Å². The van der Waals surface area contributed by atoms with Gasteiger partial charge in [-0.1, -0.05) is 30.9 Å². The van der Waals surface area contributed by atoms with Crippen molar-refractivity contribution in [1.29, 1.82) is 0 Å². The first kappa shape index (κ1) is 18.2. The number of methoxy groups -OCH3 is 1. The van der Waals surface area contributed by atoms with E-state index < -0.39 is 11.3 Å². The summed E-state index contributed by atoms with van der Waals surface area (Å²) >= 11 is 0. The SMILES string of the molecule is C=C(OCC)C1=C[C@H]2C[C@@]3(C(=O)OC)c4c(c5ccccc5n4C2=O)CCN[C@@H]13. The lowest BCUT2D eigenvalue weighted by Gasteiger charge is -2.47. The summed E-state index contributed by atoms with van der Waals surface area (Å²) in [7, 11) is 1.42. The van der Waals surface area contributed by atoms with E-state index in [0.717, 1.165) is 34.2 Å². The predicted molar refractivity (Wildman–Crippen MR) is 109 cm³/mol. The van der Waals surface area contributed by atoms with Gasteiger partial charge >= 0.3 is 5.97 Å². The molecular weight excluding hydrogens is 368 g/mol. The van der Waals surface area contributed by atoms with Crippen LogP contribution in [-0.2, 0) is 26.1 Å². The number of hydrogen-bond acceptors (Lipinski definition) is 5. The van der Waals surface area contributed by atoms with Crippen LogP contribution in [0, 0.1) is 5.92 Å². The van der Waals surface area contributed by atoms with Crippen LogP contribution >= 0.6 is 0 Å². The van der Waals surface area contributed by atoms with Gasteiger partial charge in [-0.25, -0.2) is 0 Å². The van der Waals surface area contributed by atoms with Crippen molar-refractivity contribution in [3.8, 4) is 0 Å².